The first-order valence-corrected chi connectivity index (χ1v) is 9.18. The lowest BCUT2D eigenvalue weighted by Crippen LogP contribution is -2.51. The summed E-state index contributed by atoms with van der Waals surface area (Å²) in [5.41, 5.74) is 11.5. The number of alkyl halides is 1. The minimum atomic E-state index is -2.06. The van der Waals surface area contributed by atoms with Gasteiger partial charge in [0.1, 0.15) is 12.4 Å². The summed E-state index contributed by atoms with van der Waals surface area (Å²) in [4.78, 5) is 42.2. The van der Waals surface area contributed by atoms with Crippen molar-refractivity contribution in [2.45, 2.75) is 51.3 Å². The molecule has 0 saturated carbocycles. The predicted molar refractivity (Wildman–Crippen MR) is 101 cm³/mol. The minimum absolute atomic E-state index is 0.0257. The topological polar surface area (TPSA) is 171 Å². The van der Waals surface area contributed by atoms with Crippen molar-refractivity contribution in [2.24, 2.45) is 11.0 Å². The van der Waals surface area contributed by atoms with Crippen molar-refractivity contribution >= 4 is 17.8 Å². The lowest BCUT2D eigenvalue weighted by Gasteiger charge is -2.32. The molecule has 0 spiro atoms. The molecule has 1 aromatic rings. The standard InChI is InChI=1S/C17H23FN6O6/c1-4-11(25)28-8-17(7-21-23-20)13(29-15(26)9(2)3)12(18)14(30-17)24-6-5-10(19)22-16(24)27/h5-6,9,12-14H,4,7-8H2,1-3H3,(H2,19,22,27)/t12-,13+,14-,17-/m1/s1. The van der Waals surface area contributed by atoms with Gasteiger partial charge in [-0.05, 0) is 11.6 Å². The molecule has 4 atom stereocenters. The van der Waals surface area contributed by atoms with E-state index in [9.17, 15) is 14.4 Å². The number of aromatic nitrogens is 2. The van der Waals surface area contributed by atoms with Crippen LogP contribution in [0.15, 0.2) is 22.2 Å². The van der Waals surface area contributed by atoms with Crippen LogP contribution in [-0.2, 0) is 23.8 Å². The fraction of sp³-hybridized carbons (Fsp3) is 0.647. The number of hydrogen-bond donors (Lipinski definition) is 1. The molecule has 2 rings (SSSR count). The first-order chi connectivity index (χ1) is 14.1. The van der Waals surface area contributed by atoms with Gasteiger partial charge in [0.05, 0.1) is 12.5 Å². The summed E-state index contributed by atoms with van der Waals surface area (Å²) in [5.74, 6) is -2.06. The van der Waals surface area contributed by atoms with Crippen molar-refractivity contribution in [3.63, 3.8) is 0 Å². The second-order valence-corrected chi connectivity index (χ2v) is 6.98. The van der Waals surface area contributed by atoms with Gasteiger partial charge in [-0.25, -0.2) is 9.18 Å². The summed E-state index contributed by atoms with van der Waals surface area (Å²) in [5, 5.41) is 3.41. The number of hydrogen-bond acceptors (Lipinski definition) is 9. The molecule has 0 aromatic carbocycles. The van der Waals surface area contributed by atoms with E-state index in [1.165, 1.54) is 12.3 Å². The van der Waals surface area contributed by atoms with Crippen LogP contribution in [0.1, 0.15) is 33.4 Å². The number of nitrogens with zero attached hydrogens (tertiary/aromatic N) is 5. The Kier molecular flexibility index (Phi) is 7.35. The molecule has 12 nitrogen and oxygen atoms in total. The van der Waals surface area contributed by atoms with Gasteiger partial charge in [-0.3, -0.25) is 14.2 Å². The maximum Gasteiger partial charge on any atom is 0.351 e. The number of carbonyl (C=O) groups excluding carboxylic acids is 2. The van der Waals surface area contributed by atoms with Crippen molar-refractivity contribution in [3.05, 3.63) is 33.2 Å². The summed E-state index contributed by atoms with van der Waals surface area (Å²) in [6.45, 7) is 3.55. The highest BCUT2D eigenvalue weighted by Crippen LogP contribution is 2.41. The van der Waals surface area contributed by atoms with E-state index in [4.69, 9.17) is 25.5 Å². The Hall–Kier alpha value is -3.18. The van der Waals surface area contributed by atoms with Crippen LogP contribution in [-0.4, -0.2) is 52.5 Å². The average Bonchev–Trinajstić information content (AvgIpc) is 2.97. The molecule has 0 bridgehead atoms. The summed E-state index contributed by atoms with van der Waals surface area (Å²) in [6, 6.07) is 1.26. The van der Waals surface area contributed by atoms with Crippen LogP contribution in [0.4, 0.5) is 10.2 Å². The second kappa shape index (κ2) is 9.55. The van der Waals surface area contributed by atoms with E-state index >= 15 is 4.39 Å². The Morgan fingerprint density at radius 2 is 2.23 bits per heavy atom. The number of rotatable bonds is 8. The highest BCUT2D eigenvalue weighted by atomic mass is 19.1. The number of azide groups is 1. The Morgan fingerprint density at radius 1 is 1.53 bits per heavy atom. The van der Waals surface area contributed by atoms with Crippen LogP contribution in [0.5, 0.6) is 0 Å². The molecule has 1 aliphatic rings. The van der Waals surface area contributed by atoms with E-state index in [-0.39, 0.29) is 12.2 Å². The van der Waals surface area contributed by atoms with Gasteiger partial charge in [-0.2, -0.15) is 4.98 Å². The van der Waals surface area contributed by atoms with Crippen molar-refractivity contribution in [2.75, 3.05) is 18.9 Å². The van der Waals surface area contributed by atoms with Gasteiger partial charge < -0.3 is 19.9 Å². The Morgan fingerprint density at radius 3 is 2.80 bits per heavy atom. The summed E-state index contributed by atoms with van der Waals surface area (Å²) in [6.07, 6.45) is -4.09. The van der Waals surface area contributed by atoms with E-state index in [0.29, 0.717) is 0 Å². The molecule has 0 radical (unpaired) electrons. The third kappa shape index (κ3) is 4.86. The molecule has 13 heteroatoms. The molecule has 0 unspecified atom stereocenters. The van der Waals surface area contributed by atoms with Crippen LogP contribution < -0.4 is 11.4 Å². The first kappa shape index (κ1) is 23.1. The highest BCUT2D eigenvalue weighted by Gasteiger charge is 2.59. The normalized spacial score (nSPS) is 25.6. The Bertz CT molecular complexity index is 901. The number of nitrogens with two attached hydrogens (primary N) is 1. The number of esters is 2. The van der Waals surface area contributed by atoms with E-state index in [2.05, 4.69) is 15.0 Å². The fourth-order valence-corrected chi connectivity index (χ4v) is 2.82. The third-order valence-corrected chi connectivity index (χ3v) is 4.44. The van der Waals surface area contributed by atoms with Gasteiger partial charge in [0.15, 0.2) is 24.1 Å². The summed E-state index contributed by atoms with van der Waals surface area (Å²) >= 11 is 0. The molecule has 0 amide bonds. The molecular formula is C17H23FN6O6. The van der Waals surface area contributed by atoms with Crippen LogP contribution in [0.3, 0.4) is 0 Å². The Labute approximate surface area is 170 Å². The maximum absolute atomic E-state index is 15.5. The number of ether oxygens (including phenoxy) is 3. The van der Waals surface area contributed by atoms with Crippen molar-refractivity contribution in [1.82, 2.24) is 9.55 Å². The zero-order chi connectivity index (χ0) is 22.5. The van der Waals surface area contributed by atoms with Crippen LogP contribution in [0.25, 0.3) is 10.4 Å². The molecule has 0 aliphatic carbocycles. The first-order valence-electron chi connectivity index (χ1n) is 9.18. The lowest BCUT2D eigenvalue weighted by atomic mass is 9.96. The predicted octanol–water partition coefficient (Wildman–Crippen LogP) is 1.26. The quantitative estimate of drug-likeness (QED) is 0.280. The number of carbonyl (C=O) groups is 2. The van der Waals surface area contributed by atoms with Crippen molar-refractivity contribution in [1.29, 1.82) is 0 Å². The summed E-state index contributed by atoms with van der Waals surface area (Å²) < 4.78 is 32.5. The maximum atomic E-state index is 15.5. The number of halogens is 1. The zero-order valence-corrected chi connectivity index (χ0v) is 16.7. The molecule has 1 saturated heterocycles. The molecular weight excluding hydrogens is 403 g/mol. The lowest BCUT2D eigenvalue weighted by molar-refractivity contribution is -0.178. The third-order valence-electron chi connectivity index (χ3n) is 4.44. The number of anilines is 1. The van der Waals surface area contributed by atoms with E-state index in [0.717, 1.165) is 4.57 Å². The van der Waals surface area contributed by atoms with Gasteiger partial charge >= 0.3 is 17.6 Å². The monoisotopic (exact) mass is 426 g/mol. The van der Waals surface area contributed by atoms with E-state index in [1.807, 2.05) is 0 Å². The fourth-order valence-electron chi connectivity index (χ4n) is 2.82. The van der Waals surface area contributed by atoms with Crippen LogP contribution >= 0.6 is 0 Å². The molecule has 164 valence electrons. The molecule has 1 fully saturated rings. The second-order valence-electron chi connectivity index (χ2n) is 6.98. The van der Waals surface area contributed by atoms with Crippen LogP contribution in [0.2, 0.25) is 0 Å². The highest BCUT2D eigenvalue weighted by molar-refractivity contribution is 5.72. The average molecular weight is 426 g/mol. The molecule has 2 N–H and O–H groups in total. The SMILES string of the molecule is CCC(=O)OC[C@@]1(CN=[N+]=[N-])O[C@@H](n2ccc(N)nc2=O)[C@H](F)[C@@H]1OC(=O)C(C)C. The van der Waals surface area contributed by atoms with Gasteiger partial charge in [0.2, 0.25) is 0 Å². The molecule has 30 heavy (non-hydrogen) atoms. The van der Waals surface area contributed by atoms with E-state index < -0.39 is 60.8 Å². The number of nitrogen functional groups attached to an aromatic ring is 1. The molecule has 1 aromatic heterocycles. The van der Waals surface area contributed by atoms with E-state index in [1.54, 1.807) is 20.8 Å². The van der Waals surface area contributed by atoms with Gasteiger partial charge in [-0.1, -0.05) is 25.9 Å². The smallest absolute Gasteiger partial charge is 0.351 e. The van der Waals surface area contributed by atoms with Crippen molar-refractivity contribution in [3.8, 4) is 0 Å². The zero-order valence-electron chi connectivity index (χ0n) is 16.7. The van der Waals surface area contributed by atoms with Gasteiger partial charge in [-0.15, -0.1) is 0 Å². The van der Waals surface area contributed by atoms with Gasteiger partial charge in [0.25, 0.3) is 0 Å². The summed E-state index contributed by atoms with van der Waals surface area (Å²) in [7, 11) is 0. The van der Waals surface area contributed by atoms with Crippen LogP contribution in [0, 0.1) is 5.92 Å². The molecule has 2 heterocycles. The van der Waals surface area contributed by atoms with Crippen molar-refractivity contribution < 1.29 is 28.2 Å². The largest absolute Gasteiger partial charge is 0.462 e. The minimum Gasteiger partial charge on any atom is -0.462 e. The Balaban J connectivity index is 2.51. The molecule has 1 aliphatic heterocycles. The van der Waals surface area contributed by atoms with Gasteiger partial charge in [0, 0.05) is 17.5 Å².